The first-order valence-electron chi connectivity index (χ1n) is 15.1. The van der Waals surface area contributed by atoms with Crippen molar-refractivity contribution in [3.63, 3.8) is 0 Å². The highest BCUT2D eigenvalue weighted by Gasteiger charge is 2.21. The SMILES string of the molecule is O=C(O)CCCCCCCCCCCCCCCCCCC(=O)N[C@@H](CCC(=O)O)C(=O)NCCOCCO. The second kappa shape index (κ2) is 27.4. The molecule has 0 spiro atoms. The first-order valence-corrected chi connectivity index (χ1v) is 15.1. The number of carboxylic acid groups (broad SMARTS) is 2. The summed E-state index contributed by atoms with van der Waals surface area (Å²) in [5, 5.41) is 31.5. The van der Waals surface area contributed by atoms with Crippen LogP contribution in [0.3, 0.4) is 0 Å². The van der Waals surface area contributed by atoms with Crippen molar-refractivity contribution in [2.75, 3.05) is 26.4 Å². The lowest BCUT2D eigenvalue weighted by Gasteiger charge is -2.18. The van der Waals surface area contributed by atoms with Gasteiger partial charge in [0.15, 0.2) is 0 Å². The minimum atomic E-state index is -1.02. The van der Waals surface area contributed by atoms with Gasteiger partial charge in [-0.1, -0.05) is 89.9 Å². The lowest BCUT2D eigenvalue weighted by Crippen LogP contribution is -2.47. The largest absolute Gasteiger partial charge is 0.481 e. The zero-order valence-electron chi connectivity index (χ0n) is 23.9. The van der Waals surface area contributed by atoms with E-state index in [4.69, 9.17) is 20.1 Å². The summed E-state index contributed by atoms with van der Waals surface area (Å²) < 4.78 is 5.08. The van der Waals surface area contributed by atoms with Gasteiger partial charge >= 0.3 is 11.9 Å². The van der Waals surface area contributed by atoms with E-state index in [1.54, 1.807) is 0 Å². The smallest absolute Gasteiger partial charge is 0.303 e. The highest BCUT2D eigenvalue weighted by atomic mass is 16.5. The molecule has 0 radical (unpaired) electrons. The van der Waals surface area contributed by atoms with Crippen LogP contribution in [-0.4, -0.2) is 71.5 Å². The number of rotatable bonds is 29. The highest BCUT2D eigenvalue weighted by molar-refractivity contribution is 5.88. The molecule has 5 N–H and O–H groups in total. The summed E-state index contributed by atoms with van der Waals surface area (Å²) in [6, 6.07) is -0.887. The average molecular weight is 559 g/mol. The van der Waals surface area contributed by atoms with E-state index < -0.39 is 23.9 Å². The van der Waals surface area contributed by atoms with Crippen molar-refractivity contribution in [2.45, 2.75) is 134 Å². The molecule has 0 aromatic rings. The second-order valence-corrected chi connectivity index (χ2v) is 10.2. The fourth-order valence-electron chi connectivity index (χ4n) is 4.38. The van der Waals surface area contributed by atoms with Crippen LogP contribution in [0.5, 0.6) is 0 Å². The Morgan fingerprint density at radius 2 is 1.03 bits per heavy atom. The number of amides is 2. The van der Waals surface area contributed by atoms with Crippen molar-refractivity contribution < 1.29 is 39.2 Å². The van der Waals surface area contributed by atoms with Crippen molar-refractivity contribution >= 4 is 23.8 Å². The van der Waals surface area contributed by atoms with E-state index in [0.717, 1.165) is 44.9 Å². The van der Waals surface area contributed by atoms with Crippen molar-refractivity contribution in [3.05, 3.63) is 0 Å². The maximum atomic E-state index is 12.3. The predicted octanol–water partition coefficient (Wildman–Crippen LogP) is 4.57. The summed E-state index contributed by atoms with van der Waals surface area (Å²) in [6.07, 6.45) is 18.7. The number of carbonyl (C=O) groups is 4. The monoisotopic (exact) mass is 558 g/mol. The fourth-order valence-corrected chi connectivity index (χ4v) is 4.38. The Labute approximate surface area is 234 Å². The van der Waals surface area contributed by atoms with Gasteiger partial charge in [-0.2, -0.15) is 0 Å². The van der Waals surface area contributed by atoms with Gasteiger partial charge in [-0.15, -0.1) is 0 Å². The number of ether oxygens (including phenoxy) is 1. The van der Waals surface area contributed by atoms with Gasteiger partial charge in [-0.05, 0) is 19.3 Å². The molecule has 0 aromatic heterocycles. The van der Waals surface area contributed by atoms with E-state index in [1.165, 1.54) is 57.8 Å². The minimum absolute atomic E-state index is 0.0284. The number of hydrogen-bond donors (Lipinski definition) is 5. The van der Waals surface area contributed by atoms with Gasteiger partial charge in [0.25, 0.3) is 0 Å². The summed E-state index contributed by atoms with van der Waals surface area (Å²) in [4.78, 5) is 46.0. The fraction of sp³-hybridized carbons (Fsp3) is 0.862. The van der Waals surface area contributed by atoms with Gasteiger partial charge in [0.2, 0.25) is 11.8 Å². The minimum Gasteiger partial charge on any atom is -0.481 e. The van der Waals surface area contributed by atoms with Gasteiger partial charge in [-0.3, -0.25) is 19.2 Å². The van der Waals surface area contributed by atoms with Crippen LogP contribution < -0.4 is 10.6 Å². The normalized spacial score (nSPS) is 11.7. The van der Waals surface area contributed by atoms with E-state index in [-0.39, 0.29) is 45.1 Å². The van der Waals surface area contributed by atoms with Crippen LogP contribution in [-0.2, 0) is 23.9 Å². The van der Waals surface area contributed by atoms with Crippen LogP contribution in [0.1, 0.15) is 128 Å². The maximum absolute atomic E-state index is 12.3. The number of hydrogen-bond acceptors (Lipinski definition) is 6. The third-order valence-electron chi connectivity index (χ3n) is 6.62. The molecule has 0 rings (SSSR count). The Hall–Kier alpha value is -2.20. The standard InChI is InChI=1S/C29H54N2O8/c32-22-24-39-23-21-30-29(38)25(19-20-28(36)37)31-26(33)17-15-13-11-9-7-5-3-1-2-4-6-8-10-12-14-16-18-27(34)35/h25,32H,1-24H2,(H,30,38)(H,31,33)(H,34,35)(H,36,37)/t25-/m0/s1. The van der Waals surface area contributed by atoms with Gasteiger partial charge in [0.05, 0.1) is 19.8 Å². The molecule has 0 bridgehead atoms. The van der Waals surface area contributed by atoms with Crippen LogP contribution >= 0.6 is 0 Å². The molecule has 0 fully saturated rings. The Kier molecular flexibility index (Phi) is 25.8. The molecule has 0 unspecified atom stereocenters. The highest BCUT2D eigenvalue weighted by Crippen LogP contribution is 2.14. The third-order valence-corrected chi connectivity index (χ3v) is 6.62. The van der Waals surface area contributed by atoms with Gasteiger partial charge in [0.1, 0.15) is 6.04 Å². The first kappa shape index (κ1) is 36.8. The number of aliphatic hydroxyl groups excluding tert-OH is 1. The van der Waals surface area contributed by atoms with Crippen molar-refractivity contribution in [1.29, 1.82) is 0 Å². The zero-order chi connectivity index (χ0) is 29.0. The van der Waals surface area contributed by atoms with E-state index in [1.807, 2.05) is 0 Å². The molecular weight excluding hydrogens is 504 g/mol. The molecule has 0 saturated carbocycles. The lowest BCUT2D eigenvalue weighted by molar-refractivity contribution is -0.138. The molecule has 0 aliphatic heterocycles. The number of carboxylic acids is 2. The molecule has 228 valence electrons. The quantitative estimate of drug-likeness (QED) is 0.0834. The van der Waals surface area contributed by atoms with Crippen LogP contribution in [0, 0.1) is 0 Å². The molecule has 2 amide bonds. The molecule has 10 nitrogen and oxygen atoms in total. The summed E-state index contributed by atoms with van der Waals surface area (Å²) in [7, 11) is 0. The molecule has 1 atom stereocenters. The summed E-state index contributed by atoms with van der Waals surface area (Å²) in [5.41, 5.74) is 0. The molecular formula is C29H54N2O8. The van der Waals surface area contributed by atoms with E-state index in [2.05, 4.69) is 10.6 Å². The molecule has 0 aliphatic carbocycles. The van der Waals surface area contributed by atoms with E-state index in [0.29, 0.717) is 12.8 Å². The number of aliphatic hydroxyl groups is 1. The first-order chi connectivity index (χ1) is 18.9. The van der Waals surface area contributed by atoms with Crippen molar-refractivity contribution in [3.8, 4) is 0 Å². The Morgan fingerprint density at radius 3 is 1.46 bits per heavy atom. The van der Waals surface area contributed by atoms with Crippen LogP contribution in [0.15, 0.2) is 0 Å². The third kappa shape index (κ3) is 27.2. The summed E-state index contributed by atoms with van der Waals surface area (Å²) in [5.74, 6) is -2.39. The number of unbranched alkanes of at least 4 members (excludes halogenated alkanes) is 15. The number of carbonyl (C=O) groups excluding carboxylic acids is 2. The molecule has 0 heterocycles. The second-order valence-electron chi connectivity index (χ2n) is 10.2. The average Bonchev–Trinajstić information content (AvgIpc) is 2.89. The van der Waals surface area contributed by atoms with Crippen molar-refractivity contribution in [1.82, 2.24) is 10.6 Å². The Morgan fingerprint density at radius 1 is 0.590 bits per heavy atom. The van der Waals surface area contributed by atoms with Crippen LogP contribution in [0.2, 0.25) is 0 Å². The Balaban J connectivity index is 3.70. The zero-order valence-corrected chi connectivity index (χ0v) is 23.9. The predicted molar refractivity (Wildman–Crippen MR) is 150 cm³/mol. The molecule has 39 heavy (non-hydrogen) atoms. The topological polar surface area (TPSA) is 162 Å². The van der Waals surface area contributed by atoms with Gasteiger partial charge in [-0.25, -0.2) is 0 Å². The summed E-state index contributed by atoms with van der Waals surface area (Å²) >= 11 is 0. The molecule has 10 heteroatoms. The lowest BCUT2D eigenvalue weighted by atomic mass is 10.0. The van der Waals surface area contributed by atoms with Crippen LogP contribution in [0.25, 0.3) is 0 Å². The maximum Gasteiger partial charge on any atom is 0.303 e. The molecule has 0 saturated heterocycles. The number of nitrogens with one attached hydrogen (secondary N) is 2. The van der Waals surface area contributed by atoms with Gasteiger partial charge in [0, 0.05) is 25.8 Å². The summed E-state index contributed by atoms with van der Waals surface area (Å²) in [6.45, 7) is 0.521. The van der Waals surface area contributed by atoms with E-state index >= 15 is 0 Å². The molecule has 0 aliphatic rings. The van der Waals surface area contributed by atoms with Gasteiger partial charge < -0.3 is 30.7 Å². The van der Waals surface area contributed by atoms with Crippen molar-refractivity contribution in [2.24, 2.45) is 0 Å². The van der Waals surface area contributed by atoms with Crippen LogP contribution in [0.4, 0.5) is 0 Å². The van der Waals surface area contributed by atoms with E-state index in [9.17, 15) is 19.2 Å². The molecule has 0 aromatic carbocycles. The number of aliphatic carboxylic acids is 2. The Bertz CT molecular complexity index is 645.